The summed E-state index contributed by atoms with van der Waals surface area (Å²) < 4.78 is 45.0. The minimum Gasteiger partial charge on any atom is -0.497 e. The Balaban J connectivity index is 1.68. The van der Waals surface area contributed by atoms with Crippen molar-refractivity contribution in [1.29, 1.82) is 0 Å². The van der Waals surface area contributed by atoms with Gasteiger partial charge in [-0.25, -0.2) is 9.97 Å². The number of rotatable bonds is 3. The Labute approximate surface area is 166 Å². The summed E-state index contributed by atoms with van der Waals surface area (Å²) in [5, 5.41) is 0. The number of benzene rings is 1. The number of fused-ring (bicyclic) bond motifs is 1. The Kier molecular flexibility index (Phi) is 4.86. The smallest absolute Gasteiger partial charge is 0.416 e. The van der Waals surface area contributed by atoms with Gasteiger partial charge < -0.3 is 9.64 Å². The van der Waals surface area contributed by atoms with Crippen molar-refractivity contribution in [3.05, 3.63) is 65.6 Å². The highest BCUT2D eigenvalue weighted by atomic mass is 19.4. The third-order valence-electron chi connectivity index (χ3n) is 5.09. The van der Waals surface area contributed by atoms with Gasteiger partial charge in [-0.1, -0.05) is 6.07 Å². The maximum Gasteiger partial charge on any atom is 0.416 e. The van der Waals surface area contributed by atoms with E-state index in [1.165, 1.54) is 7.11 Å². The highest BCUT2D eigenvalue weighted by molar-refractivity contribution is 5.57. The molecule has 1 unspecified atom stereocenters. The van der Waals surface area contributed by atoms with Gasteiger partial charge >= 0.3 is 6.18 Å². The van der Waals surface area contributed by atoms with E-state index in [4.69, 9.17) is 4.74 Å². The van der Waals surface area contributed by atoms with Crippen LogP contribution in [0.25, 0.3) is 11.5 Å². The van der Waals surface area contributed by atoms with Crippen LogP contribution in [-0.4, -0.2) is 28.6 Å². The Hall–Kier alpha value is -3.16. The number of hydrogen-bond acceptors (Lipinski definition) is 5. The molecule has 0 aliphatic carbocycles. The summed E-state index contributed by atoms with van der Waals surface area (Å²) in [4.78, 5) is 15.3. The van der Waals surface area contributed by atoms with Gasteiger partial charge in [0, 0.05) is 42.7 Å². The number of anilines is 1. The number of nitrogens with zero attached hydrogens (tertiary/aromatic N) is 4. The Morgan fingerprint density at radius 1 is 1.14 bits per heavy atom. The van der Waals surface area contributed by atoms with Crippen LogP contribution in [0.5, 0.6) is 5.75 Å². The zero-order chi connectivity index (χ0) is 20.6. The fourth-order valence-corrected chi connectivity index (χ4v) is 3.57. The average Bonchev–Trinajstić information content (AvgIpc) is 2.73. The number of pyridine rings is 1. The molecule has 150 valence electrons. The van der Waals surface area contributed by atoms with Gasteiger partial charge in [-0.05, 0) is 31.2 Å². The summed E-state index contributed by atoms with van der Waals surface area (Å²) in [6.45, 7) is 2.48. The fraction of sp³-hybridized carbons (Fsp3) is 0.286. The van der Waals surface area contributed by atoms with E-state index in [0.29, 0.717) is 30.2 Å². The Morgan fingerprint density at radius 3 is 2.66 bits per heavy atom. The summed E-state index contributed by atoms with van der Waals surface area (Å²) in [5.41, 5.74) is 2.21. The van der Waals surface area contributed by atoms with E-state index in [1.54, 1.807) is 18.5 Å². The zero-order valence-electron chi connectivity index (χ0n) is 15.9. The molecule has 1 aliphatic heterocycles. The van der Waals surface area contributed by atoms with E-state index in [2.05, 4.69) is 15.0 Å². The second-order valence-corrected chi connectivity index (χ2v) is 6.85. The van der Waals surface area contributed by atoms with Gasteiger partial charge in [0.15, 0.2) is 5.82 Å². The fourth-order valence-electron chi connectivity index (χ4n) is 3.57. The van der Waals surface area contributed by atoms with Crippen LogP contribution in [0.3, 0.4) is 0 Å². The lowest BCUT2D eigenvalue weighted by atomic mass is 9.98. The largest absolute Gasteiger partial charge is 0.497 e. The van der Waals surface area contributed by atoms with Crippen molar-refractivity contribution in [1.82, 2.24) is 15.0 Å². The number of alkyl halides is 3. The number of aromatic nitrogens is 3. The minimum absolute atomic E-state index is 0.176. The first-order valence-electron chi connectivity index (χ1n) is 9.17. The third kappa shape index (κ3) is 3.74. The lowest BCUT2D eigenvalue weighted by Gasteiger charge is -2.36. The van der Waals surface area contributed by atoms with Crippen LogP contribution in [0, 0.1) is 0 Å². The quantitative estimate of drug-likeness (QED) is 0.639. The van der Waals surface area contributed by atoms with Crippen molar-refractivity contribution in [2.75, 3.05) is 18.6 Å². The van der Waals surface area contributed by atoms with Gasteiger partial charge in [-0.3, -0.25) is 4.98 Å². The van der Waals surface area contributed by atoms with Crippen LogP contribution < -0.4 is 9.64 Å². The maximum atomic E-state index is 13.3. The number of methoxy groups -OCH3 is 1. The lowest BCUT2D eigenvalue weighted by molar-refractivity contribution is -0.137. The van der Waals surface area contributed by atoms with Crippen LogP contribution in [0.15, 0.2) is 48.8 Å². The van der Waals surface area contributed by atoms with Gasteiger partial charge in [0.25, 0.3) is 0 Å². The van der Waals surface area contributed by atoms with Crippen molar-refractivity contribution in [2.24, 2.45) is 0 Å². The first-order valence-corrected chi connectivity index (χ1v) is 9.17. The maximum absolute atomic E-state index is 13.3. The molecule has 3 heterocycles. The summed E-state index contributed by atoms with van der Waals surface area (Å²) in [7, 11) is 1.36. The molecule has 2 aromatic heterocycles. The zero-order valence-corrected chi connectivity index (χ0v) is 15.9. The molecule has 8 heteroatoms. The van der Waals surface area contributed by atoms with Crippen molar-refractivity contribution in [3.63, 3.8) is 0 Å². The Morgan fingerprint density at radius 2 is 1.97 bits per heavy atom. The molecule has 3 aromatic rings. The first-order chi connectivity index (χ1) is 13.9. The molecule has 0 amide bonds. The molecule has 4 rings (SSSR count). The van der Waals surface area contributed by atoms with Crippen LogP contribution >= 0.6 is 0 Å². The predicted octanol–water partition coefficient (Wildman–Crippen LogP) is 4.69. The molecule has 0 saturated carbocycles. The Bertz CT molecular complexity index is 1020. The van der Waals surface area contributed by atoms with Gasteiger partial charge in [-0.2, -0.15) is 13.2 Å². The summed E-state index contributed by atoms with van der Waals surface area (Å²) in [6, 6.07) is 9.16. The lowest BCUT2D eigenvalue weighted by Crippen LogP contribution is -2.35. The molecule has 0 fully saturated rings. The third-order valence-corrected chi connectivity index (χ3v) is 5.09. The molecule has 0 radical (unpaired) electrons. The highest BCUT2D eigenvalue weighted by Gasteiger charge is 2.33. The normalized spacial score (nSPS) is 16.4. The SMILES string of the molecule is COc1cc(N2CCc3nc(-c4ccccn4)ncc3C2C)cc(C(F)(F)F)c1. The summed E-state index contributed by atoms with van der Waals surface area (Å²) in [5.74, 6) is 0.723. The molecule has 0 N–H and O–H groups in total. The van der Waals surface area contributed by atoms with Crippen LogP contribution in [0.2, 0.25) is 0 Å². The molecule has 1 aromatic carbocycles. The van der Waals surface area contributed by atoms with E-state index in [9.17, 15) is 13.2 Å². The topological polar surface area (TPSA) is 51.1 Å². The van der Waals surface area contributed by atoms with E-state index < -0.39 is 11.7 Å². The molecule has 0 spiro atoms. The summed E-state index contributed by atoms with van der Waals surface area (Å²) >= 11 is 0. The summed E-state index contributed by atoms with van der Waals surface area (Å²) in [6.07, 6.45) is -0.418. The van der Waals surface area contributed by atoms with Crippen LogP contribution in [0.1, 0.15) is 29.8 Å². The van der Waals surface area contributed by atoms with Crippen LogP contribution in [-0.2, 0) is 12.6 Å². The van der Waals surface area contributed by atoms with E-state index >= 15 is 0 Å². The van der Waals surface area contributed by atoms with E-state index in [0.717, 1.165) is 23.4 Å². The molecule has 1 atom stereocenters. The van der Waals surface area contributed by atoms with Gasteiger partial charge in [0.05, 0.1) is 24.4 Å². The van der Waals surface area contributed by atoms with Crippen molar-refractivity contribution < 1.29 is 17.9 Å². The monoisotopic (exact) mass is 400 g/mol. The first kappa shape index (κ1) is 19.2. The average molecular weight is 400 g/mol. The molecule has 29 heavy (non-hydrogen) atoms. The standard InChI is InChI=1S/C21H19F3N4O/c1-13-17-12-26-20(19-5-3-4-7-25-19)27-18(17)6-8-28(13)15-9-14(21(22,23)24)10-16(11-15)29-2/h3-5,7,9-13H,6,8H2,1-2H3. The van der Waals surface area contributed by atoms with Gasteiger partial charge in [-0.15, -0.1) is 0 Å². The number of halogens is 3. The molecule has 5 nitrogen and oxygen atoms in total. The predicted molar refractivity (Wildman–Crippen MR) is 103 cm³/mol. The van der Waals surface area contributed by atoms with Crippen molar-refractivity contribution >= 4 is 5.69 Å². The minimum atomic E-state index is -4.44. The molecule has 0 bridgehead atoms. The van der Waals surface area contributed by atoms with E-state index in [1.807, 2.05) is 30.0 Å². The van der Waals surface area contributed by atoms with Crippen molar-refractivity contribution in [3.8, 4) is 17.3 Å². The molecular weight excluding hydrogens is 381 g/mol. The molecule has 1 aliphatic rings. The van der Waals surface area contributed by atoms with E-state index in [-0.39, 0.29) is 11.8 Å². The van der Waals surface area contributed by atoms with Gasteiger partial charge in [0.1, 0.15) is 11.4 Å². The second kappa shape index (κ2) is 7.35. The molecule has 0 saturated heterocycles. The van der Waals surface area contributed by atoms with Gasteiger partial charge in [0.2, 0.25) is 0 Å². The number of ether oxygens (including phenoxy) is 1. The number of hydrogen-bond donors (Lipinski definition) is 0. The second-order valence-electron chi connectivity index (χ2n) is 6.85. The van der Waals surface area contributed by atoms with Crippen LogP contribution in [0.4, 0.5) is 18.9 Å². The van der Waals surface area contributed by atoms with Crippen molar-refractivity contribution in [2.45, 2.75) is 25.6 Å². The molecular formula is C21H19F3N4O. The highest BCUT2D eigenvalue weighted by Crippen LogP contribution is 2.39.